The minimum absolute atomic E-state index is 0.00471. The molecule has 1 amide bonds. The molecular formula is C14H27NO3S. The molecule has 1 fully saturated rings. The molecular weight excluding hydrogens is 262 g/mol. The first-order valence-electron chi connectivity index (χ1n) is 7.42. The van der Waals surface area contributed by atoms with E-state index in [1.54, 1.807) is 0 Å². The van der Waals surface area contributed by atoms with Crippen molar-refractivity contribution in [1.29, 1.82) is 0 Å². The van der Waals surface area contributed by atoms with Crippen LogP contribution in [0.2, 0.25) is 0 Å². The minimum Gasteiger partial charge on any atom is -0.354 e. The zero-order valence-electron chi connectivity index (χ0n) is 12.2. The van der Waals surface area contributed by atoms with Crippen LogP contribution in [0, 0.1) is 5.92 Å². The Hall–Kier alpha value is -0.580. The Morgan fingerprint density at radius 1 is 1.32 bits per heavy atom. The van der Waals surface area contributed by atoms with Gasteiger partial charge in [-0.05, 0) is 25.7 Å². The second-order valence-electron chi connectivity index (χ2n) is 5.79. The Kier molecular flexibility index (Phi) is 6.83. The highest BCUT2D eigenvalue weighted by Crippen LogP contribution is 2.21. The van der Waals surface area contributed by atoms with Crippen LogP contribution in [0.5, 0.6) is 0 Å². The molecule has 0 saturated carbocycles. The average Bonchev–Trinajstić information content (AvgIpc) is 2.64. The summed E-state index contributed by atoms with van der Waals surface area (Å²) in [7, 11) is -2.87. The second-order valence-corrected chi connectivity index (χ2v) is 8.02. The van der Waals surface area contributed by atoms with Gasteiger partial charge in [0.05, 0.1) is 11.5 Å². The van der Waals surface area contributed by atoms with Gasteiger partial charge >= 0.3 is 0 Å². The third-order valence-electron chi connectivity index (χ3n) is 3.70. The molecule has 0 aromatic heterocycles. The zero-order chi connectivity index (χ0) is 14.3. The molecule has 112 valence electrons. The molecule has 0 spiro atoms. The maximum atomic E-state index is 11.8. The van der Waals surface area contributed by atoms with Crippen molar-refractivity contribution >= 4 is 15.7 Å². The van der Waals surface area contributed by atoms with Crippen molar-refractivity contribution in [2.45, 2.75) is 64.8 Å². The van der Waals surface area contributed by atoms with E-state index in [1.165, 1.54) is 19.3 Å². The Morgan fingerprint density at radius 3 is 2.63 bits per heavy atom. The number of unbranched alkanes of at least 4 members (excludes halogenated alkanes) is 3. The number of rotatable bonds is 8. The number of hydrogen-bond donors (Lipinski definition) is 1. The zero-order valence-corrected chi connectivity index (χ0v) is 13.0. The van der Waals surface area contributed by atoms with Gasteiger partial charge in [-0.2, -0.15) is 0 Å². The quantitative estimate of drug-likeness (QED) is 0.697. The summed E-state index contributed by atoms with van der Waals surface area (Å²) in [6.45, 7) is 4.20. The number of carbonyl (C=O) groups excluding carboxylic acids is 1. The van der Waals surface area contributed by atoms with E-state index >= 15 is 0 Å². The van der Waals surface area contributed by atoms with Crippen LogP contribution in [0.4, 0.5) is 0 Å². The van der Waals surface area contributed by atoms with E-state index in [9.17, 15) is 13.2 Å². The predicted molar refractivity (Wildman–Crippen MR) is 77.7 cm³/mol. The maximum absolute atomic E-state index is 11.8. The molecule has 1 saturated heterocycles. The minimum atomic E-state index is -2.87. The van der Waals surface area contributed by atoms with E-state index in [-0.39, 0.29) is 29.4 Å². The lowest BCUT2D eigenvalue weighted by molar-refractivity contribution is -0.122. The Bertz CT molecular complexity index is 378. The topological polar surface area (TPSA) is 63.2 Å². The SMILES string of the molecule is CCCCCCC(C)NC(=O)CC1CCS(=O)(=O)C1. The molecule has 4 nitrogen and oxygen atoms in total. The summed E-state index contributed by atoms with van der Waals surface area (Å²) < 4.78 is 22.6. The fourth-order valence-electron chi connectivity index (χ4n) is 2.58. The predicted octanol–water partition coefficient (Wildman–Crippen LogP) is 2.29. The van der Waals surface area contributed by atoms with Gasteiger partial charge in [0.25, 0.3) is 0 Å². The van der Waals surface area contributed by atoms with Crippen LogP contribution in [-0.4, -0.2) is 31.9 Å². The fourth-order valence-corrected chi connectivity index (χ4v) is 4.44. The lowest BCUT2D eigenvalue weighted by atomic mass is 10.0. The van der Waals surface area contributed by atoms with E-state index in [2.05, 4.69) is 12.2 Å². The normalized spacial score (nSPS) is 23.2. The summed E-state index contributed by atoms with van der Waals surface area (Å²) in [5.41, 5.74) is 0. The molecule has 0 bridgehead atoms. The van der Waals surface area contributed by atoms with Crippen molar-refractivity contribution in [2.75, 3.05) is 11.5 Å². The van der Waals surface area contributed by atoms with Gasteiger partial charge in [-0.1, -0.05) is 32.6 Å². The molecule has 1 aliphatic rings. The first-order valence-corrected chi connectivity index (χ1v) is 9.25. The van der Waals surface area contributed by atoms with Crippen molar-refractivity contribution in [3.63, 3.8) is 0 Å². The number of carbonyl (C=O) groups is 1. The molecule has 0 aromatic carbocycles. The molecule has 1 N–H and O–H groups in total. The van der Waals surface area contributed by atoms with E-state index in [0.29, 0.717) is 12.8 Å². The number of amides is 1. The summed E-state index contributed by atoms with van der Waals surface area (Å²) in [6, 6.07) is 0.197. The lowest BCUT2D eigenvalue weighted by Gasteiger charge is -2.15. The molecule has 1 aliphatic heterocycles. The Labute approximate surface area is 117 Å². The third kappa shape index (κ3) is 6.95. The van der Waals surface area contributed by atoms with Crippen LogP contribution in [0.25, 0.3) is 0 Å². The first kappa shape index (κ1) is 16.5. The summed E-state index contributed by atoms with van der Waals surface area (Å²) in [4.78, 5) is 11.8. The Morgan fingerprint density at radius 2 is 2.05 bits per heavy atom. The van der Waals surface area contributed by atoms with Crippen LogP contribution < -0.4 is 5.32 Å². The van der Waals surface area contributed by atoms with Gasteiger partial charge in [-0.25, -0.2) is 8.42 Å². The van der Waals surface area contributed by atoms with Crippen LogP contribution in [0.15, 0.2) is 0 Å². The van der Waals surface area contributed by atoms with E-state index < -0.39 is 9.84 Å². The van der Waals surface area contributed by atoms with Crippen LogP contribution >= 0.6 is 0 Å². The van der Waals surface area contributed by atoms with Crippen molar-refractivity contribution in [2.24, 2.45) is 5.92 Å². The third-order valence-corrected chi connectivity index (χ3v) is 5.54. The van der Waals surface area contributed by atoms with Gasteiger partial charge in [0.2, 0.25) is 5.91 Å². The highest BCUT2D eigenvalue weighted by Gasteiger charge is 2.29. The first-order chi connectivity index (χ1) is 8.93. The molecule has 1 heterocycles. The molecule has 1 rings (SSSR count). The van der Waals surface area contributed by atoms with E-state index in [0.717, 1.165) is 12.8 Å². The van der Waals surface area contributed by atoms with Crippen molar-refractivity contribution in [3.8, 4) is 0 Å². The molecule has 2 atom stereocenters. The van der Waals surface area contributed by atoms with Crippen molar-refractivity contribution in [1.82, 2.24) is 5.32 Å². The monoisotopic (exact) mass is 289 g/mol. The van der Waals surface area contributed by atoms with Gasteiger partial charge in [0.15, 0.2) is 9.84 Å². The smallest absolute Gasteiger partial charge is 0.220 e. The second kappa shape index (κ2) is 7.88. The molecule has 0 aromatic rings. The van der Waals surface area contributed by atoms with E-state index in [1.807, 2.05) is 6.92 Å². The summed E-state index contributed by atoms with van der Waals surface area (Å²) in [5.74, 6) is 0.463. The van der Waals surface area contributed by atoms with Crippen LogP contribution in [0.1, 0.15) is 58.8 Å². The molecule has 0 aliphatic carbocycles. The van der Waals surface area contributed by atoms with Gasteiger partial charge in [0, 0.05) is 12.5 Å². The largest absolute Gasteiger partial charge is 0.354 e. The summed E-state index contributed by atoms with van der Waals surface area (Å²) in [6.07, 6.45) is 6.84. The van der Waals surface area contributed by atoms with Crippen LogP contribution in [-0.2, 0) is 14.6 Å². The van der Waals surface area contributed by atoms with Crippen molar-refractivity contribution < 1.29 is 13.2 Å². The number of hydrogen-bond acceptors (Lipinski definition) is 3. The summed E-state index contributed by atoms with van der Waals surface area (Å²) in [5, 5.41) is 2.98. The standard InChI is InChI=1S/C14H27NO3S/c1-3-4-5-6-7-12(2)15-14(16)10-13-8-9-19(17,18)11-13/h12-13H,3-11H2,1-2H3,(H,15,16). The number of sulfone groups is 1. The van der Waals surface area contributed by atoms with Gasteiger partial charge < -0.3 is 5.32 Å². The molecule has 5 heteroatoms. The van der Waals surface area contributed by atoms with Gasteiger partial charge in [0.1, 0.15) is 0 Å². The van der Waals surface area contributed by atoms with Gasteiger partial charge in [-0.3, -0.25) is 4.79 Å². The average molecular weight is 289 g/mol. The highest BCUT2D eigenvalue weighted by atomic mass is 32.2. The maximum Gasteiger partial charge on any atom is 0.220 e. The Balaban J connectivity index is 2.16. The lowest BCUT2D eigenvalue weighted by Crippen LogP contribution is -2.33. The number of nitrogens with one attached hydrogen (secondary N) is 1. The summed E-state index contributed by atoms with van der Waals surface area (Å²) >= 11 is 0. The van der Waals surface area contributed by atoms with E-state index in [4.69, 9.17) is 0 Å². The van der Waals surface area contributed by atoms with Crippen LogP contribution in [0.3, 0.4) is 0 Å². The molecule has 2 unspecified atom stereocenters. The molecule has 0 radical (unpaired) electrons. The highest BCUT2D eigenvalue weighted by molar-refractivity contribution is 7.91. The van der Waals surface area contributed by atoms with Crippen molar-refractivity contribution in [3.05, 3.63) is 0 Å². The molecule has 19 heavy (non-hydrogen) atoms. The van der Waals surface area contributed by atoms with Gasteiger partial charge in [-0.15, -0.1) is 0 Å². The fraction of sp³-hybridized carbons (Fsp3) is 0.929.